The number of amides is 1. The first-order chi connectivity index (χ1) is 9.61. The number of ether oxygens (including phenoxy) is 1. The van der Waals surface area contributed by atoms with Crippen LogP contribution in [0, 0.1) is 10.1 Å². The van der Waals surface area contributed by atoms with E-state index in [0.717, 1.165) is 19.1 Å². The number of non-ortho nitro benzene ring substituents is 1. The topological polar surface area (TPSA) is 98.5 Å². The van der Waals surface area contributed by atoms with Crippen LogP contribution in [0.15, 0.2) is 18.2 Å². The van der Waals surface area contributed by atoms with Crippen molar-refractivity contribution in [3.63, 3.8) is 0 Å². The van der Waals surface area contributed by atoms with Gasteiger partial charge in [0.1, 0.15) is 0 Å². The molecule has 1 aromatic rings. The Kier molecular flexibility index (Phi) is 4.84. The highest BCUT2D eigenvalue weighted by Crippen LogP contribution is 2.37. The van der Waals surface area contributed by atoms with Gasteiger partial charge in [-0.25, -0.2) is 0 Å². The van der Waals surface area contributed by atoms with Gasteiger partial charge >= 0.3 is 12.1 Å². The van der Waals surface area contributed by atoms with Gasteiger partial charge in [-0.1, -0.05) is 0 Å². The standard InChI is InChI=1S/C11H9F3N2O5/c1-6(17)21-5-10(18)15-9-3-2-7(16(19)20)4-8(9)11(12,13)14/h2-4H,5H2,1H3,(H,15,18). The first kappa shape index (κ1) is 16.4. The van der Waals surface area contributed by atoms with E-state index < -0.39 is 46.5 Å². The number of hydrogen-bond donors (Lipinski definition) is 1. The molecule has 0 aromatic heterocycles. The average Bonchev–Trinajstić information content (AvgIpc) is 2.35. The fourth-order valence-electron chi connectivity index (χ4n) is 1.34. The van der Waals surface area contributed by atoms with Crippen LogP contribution >= 0.6 is 0 Å². The van der Waals surface area contributed by atoms with Crippen LogP contribution in [-0.2, 0) is 20.5 Å². The molecule has 0 aliphatic rings. The van der Waals surface area contributed by atoms with Crippen molar-refractivity contribution < 1.29 is 32.4 Å². The third-order valence-corrected chi connectivity index (χ3v) is 2.20. The molecule has 0 saturated heterocycles. The largest absolute Gasteiger partial charge is 0.456 e. The molecule has 1 rings (SSSR count). The lowest BCUT2D eigenvalue weighted by Gasteiger charge is -2.13. The number of halogens is 3. The number of carbonyl (C=O) groups is 2. The zero-order valence-corrected chi connectivity index (χ0v) is 10.6. The van der Waals surface area contributed by atoms with Gasteiger partial charge in [0.15, 0.2) is 6.61 Å². The Bertz CT molecular complexity index is 586. The molecule has 0 unspecified atom stereocenters. The summed E-state index contributed by atoms with van der Waals surface area (Å²) in [5, 5.41) is 12.4. The number of carbonyl (C=O) groups excluding carboxylic acids is 2. The predicted octanol–water partition coefficient (Wildman–Crippen LogP) is 2.12. The van der Waals surface area contributed by atoms with Crippen LogP contribution in [0.4, 0.5) is 24.5 Å². The Labute approximate surface area is 115 Å². The molecule has 1 aromatic carbocycles. The van der Waals surface area contributed by atoms with Gasteiger partial charge in [0.25, 0.3) is 11.6 Å². The van der Waals surface area contributed by atoms with Crippen LogP contribution in [0.1, 0.15) is 12.5 Å². The lowest BCUT2D eigenvalue weighted by Crippen LogP contribution is -2.22. The molecule has 10 heteroatoms. The van der Waals surface area contributed by atoms with Crippen LogP contribution in [0.3, 0.4) is 0 Å². The van der Waals surface area contributed by atoms with Crippen LogP contribution in [0.5, 0.6) is 0 Å². The molecule has 0 radical (unpaired) electrons. The van der Waals surface area contributed by atoms with Gasteiger partial charge in [0.05, 0.1) is 16.2 Å². The highest BCUT2D eigenvalue weighted by molar-refractivity contribution is 5.93. The minimum atomic E-state index is -4.89. The molecule has 0 fully saturated rings. The van der Waals surface area contributed by atoms with E-state index in [9.17, 15) is 32.9 Å². The smallest absolute Gasteiger partial charge is 0.418 e. The molecule has 0 bridgehead atoms. The maximum atomic E-state index is 12.8. The number of rotatable bonds is 4. The van der Waals surface area contributed by atoms with Crippen LogP contribution in [0.25, 0.3) is 0 Å². The van der Waals surface area contributed by atoms with E-state index in [1.54, 1.807) is 0 Å². The summed E-state index contributed by atoms with van der Waals surface area (Å²) >= 11 is 0. The Hall–Kier alpha value is -2.65. The number of benzene rings is 1. The molecule has 0 atom stereocenters. The molecule has 0 aliphatic heterocycles. The van der Waals surface area contributed by atoms with E-state index in [-0.39, 0.29) is 0 Å². The molecule has 7 nitrogen and oxygen atoms in total. The van der Waals surface area contributed by atoms with Crippen LogP contribution in [0.2, 0.25) is 0 Å². The van der Waals surface area contributed by atoms with E-state index in [2.05, 4.69) is 4.74 Å². The summed E-state index contributed by atoms with van der Waals surface area (Å²) < 4.78 is 42.7. The van der Waals surface area contributed by atoms with Crippen molar-refractivity contribution in [2.45, 2.75) is 13.1 Å². The van der Waals surface area contributed by atoms with Gasteiger partial charge < -0.3 is 10.1 Å². The fraction of sp³-hybridized carbons (Fsp3) is 0.273. The second-order valence-corrected chi connectivity index (χ2v) is 3.81. The highest BCUT2D eigenvalue weighted by Gasteiger charge is 2.35. The van der Waals surface area contributed by atoms with Crippen molar-refractivity contribution in [3.8, 4) is 0 Å². The van der Waals surface area contributed by atoms with Crippen LogP contribution in [-0.4, -0.2) is 23.4 Å². The zero-order chi connectivity index (χ0) is 16.2. The quantitative estimate of drug-likeness (QED) is 0.522. The van der Waals surface area contributed by atoms with Crippen molar-refractivity contribution in [2.24, 2.45) is 0 Å². The summed E-state index contributed by atoms with van der Waals surface area (Å²) in [6.07, 6.45) is -4.89. The molecular formula is C11H9F3N2O5. The summed E-state index contributed by atoms with van der Waals surface area (Å²) in [5.41, 5.74) is -2.79. The van der Waals surface area contributed by atoms with Gasteiger partial charge in [-0.15, -0.1) is 0 Å². The summed E-state index contributed by atoms with van der Waals surface area (Å²) in [5.74, 6) is -1.77. The number of anilines is 1. The number of alkyl halides is 3. The first-order valence-electron chi connectivity index (χ1n) is 5.40. The van der Waals surface area contributed by atoms with Crippen molar-refractivity contribution >= 4 is 23.3 Å². The second kappa shape index (κ2) is 6.20. The van der Waals surface area contributed by atoms with E-state index in [0.29, 0.717) is 6.07 Å². The van der Waals surface area contributed by atoms with E-state index >= 15 is 0 Å². The molecule has 0 aliphatic carbocycles. The number of nitro groups is 1. The Morgan fingerprint density at radius 2 is 2.00 bits per heavy atom. The molecular weight excluding hydrogens is 297 g/mol. The normalized spacial score (nSPS) is 10.9. The lowest BCUT2D eigenvalue weighted by atomic mass is 10.1. The third kappa shape index (κ3) is 4.75. The highest BCUT2D eigenvalue weighted by atomic mass is 19.4. The van der Waals surface area contributed by atoms with Crippen molar-refractivity contribution in [2.75, 3.05) is 11.9 Å². The van der Waals surface area contributed by atoms with Gasteiger partial charge in [0, 0.05) is 19.1 Å². The minimum absolute atomic E-state index is 0.307. The Morgan fingerprint density at radius 3 is 2.48 bits per heavy atom. The number of nitrogens with one attached hydrogen (secondary N) is 1. The summed E-state index contributed by atoms with van der Waals surface area (Å²) in [7, 11) is 0. The van der Waals surface area contributed by atoms with E-state index in [1.165, 1.54) is 0 Å². The Balaban J connectivity index is 3.03. The van der Waals surface area contributed by atoms with Crippen molar-refractivity contribution in [1.82, 2.24) is 0 Å². The predicted molar refractivity (Wildman–Crippen MR) is 63.4 cm³/mol. The van der Waals surface area contributed by atoms with Gasteiger partial charge in [-0.3, -0.25) is 19.7 Å². The van der Waals surface area contributed by atoms with Gasteiger partial charge in [-0.05, 0) is 6.07 Å². The molecule has 1 amide bonds. The number of hydrogen-bond acceptors (Lipinski definition) is 5. The average molecular weight is 306 g/mol. The zero-order valence-electron chi connectivity index (χ0n) is 10.6. The van der Waals surface area contributed by atoms with E-state index in [1.807, 2.05) is 5.32 Å². The molecule has 1 N–H and O–H groups in total. The molecule has 0 spiro atoms. The third-order valence-electron chi connectivity index (χ3n) is 2.20. The molecule has 114 valence electrons. The van der Waals surface area contributed by atoms with Crippen molar-refractivity contribution in [1.29, 1.82) is 0 Å². The molecule has 0 saturated carbocycles. The van der Waals surface area contributed by atoms with E-state index in [4.69, 9.17) is 0 Å². The molecule has 21 heavy (non-hydrogen) atoms. The summed E-state index contributed by atoms with van der Waals surface area (Å²) in [6.45, 7) is 0.268. The van der Waals surface area contributed by atoms with Crippen LogP contribution < -0.4 is 5.32 Å². The number of nitrogens with zero attached hydrogens (tertiary/aromatic N) is 1. The SMILES string of the molecule is CC(=O)OCC(=O)Nc1ccc([N+](=O)[O-])cc1C(F)(F)F. The van der Waals surface area contributed by atoms with Crippen molar-refractivity contribution in [3.05, 3.63) is 33.9 Å². The summed E-state index contributed by atoms with van der Waals surface area (Å²) in [6, 6.07) is 1.88. The Morgan fingerprint density at radius 1 is 1.38 bits per heavy atom. The maximum Gasteiger partial charge on any atom is 0.418 e. The minimum Gasteiger partial charge on any atom is -0.456 e. The summed E-state index contributed by atoms with van der Waals surface area (Å²) in [4.78, 5) is 31.3. The second-order valence-electron chi connectivity index (χ2n) is 3.81. The fourth-order valence-corrected chi connectivity index (χ4v) is 1.34. The number of nitro benzene ring substituents is 1. The monoisotopic (exact) mass is 306 g/mol. The molecule has 0 heterocycles. The number of esters is 1. The lowest BCUT2D eigenvalue weighted by molar-refractivity contribution is -0.385. The first-order valence-corrected chi connectivity index (χ1v) is 5.40. The maximum absolute atomic E-state index is 12.8. The van der Waals surface area contributed by atoms with Gasteiger partial charge in [0.2, 0.25) is 0 Å². The van der Waals surface area contributed by atoms with Gasteiger partial charge in [-0.2, -0.15) is 13.2 Å².